The second-order valence-corrected chi connectivity index (χ2v) is 5.61. The van der Waals surface area contributed by atoms with Gasteiger partial charge in [0.25, 0.3) is 0 Å². The molecule has 2 aliphatic rings. The van der Waals surface area contributed by atoms with Gasteiger partial charge in [-0.15, -0.1) is 10.2 Å². The molecule has 2 aliphatic heterocycles. The maximum atomic E-state index is 12.4. The molecule has 1 amide bonds. The molecule has 1 aromatic rings. The predicted molar refractivity (Wildman–Crippen MR) is 70.5 cm³/mol. The van der Waals surface area contributed by atoms with Crippen molar-refractivity contribution in [3.8, 4) is 0 Å². The largest absolute Gasteiger partial charge is 0.342 e. The molecular formula is C13H21N5O. The Morgan fingerprint density at radius 3 is 3.05 bits per heavy atom. The van der Waals surface area contributed by atoms with Crippen LogP contribution in [-0.4, -0.2) is 51.8 Å². The maximum Gasteiger partial charge on any atom is 0.227 e. The number of rotatable bonds is 2. The van der Waals surface area contributed by atoms with E-state index in [2.05, 4.69) is 15.5 Å². The number of aryl methyl sites for hydroxylation is 1. The van der Waals surface area contributed by atoms with E-state index in [9.17, 15) is 4.79 Å². The van der Waals surface area contributed by atoms with E-state index in [4.69, 9.17) is 0 Å². The van der Waals surface area contributed by atoms with Crippen LogP contribution >= 0.6 is 0 Å². The molecule has 2 atom stereocenters. The zero-order chi connectivity index (χ0) is 13.2. The molecule has 1 N–H and O–H groups in total. The molecular weight excluding hydrogens is 242 g/mol. The zero-order valence-electron chi connectivity index (χ0n) is 11.4. The highest BCUT2D eigenvalue weighted by molar-refractivity contribution is 5.79. The lowest BCUT2D eigenvalue weighted by Gasteiger charge is -2.33. The summed E-state index contributed by atoms with van der Waals surface area (Å²) in [5.74, 6) is 1.83. The molecule has 1 aromatic heterocycles. The normalized spacial score (nSPS) is 27.7. The zero-order valence-corrected chi connectivity index (χ0v) is 11.4. The lowest BCUT2D eigenvalue weighted by molar-refractivity contribution is -0.136. The van der Waals surface area contributed by atoms with Gasteiger partial charge in [0.15, 0.2) is 0 Å². The lowest BCUT2D eigenvalue weighted by atomic mass is 9.95. The van der Waals surface area contributed by atoms with E-state index in [1.54, 1.807) is 6.33 Å². The summed E-state index contributed by atoms with van der Waals surface area (Å²) in [5, 5.41) is 11.4. The molecule has 2 unspecified atom stereocenters. The lowest BCUT2D eigenvalue weighted by Crippen LogP contribution is -2.43. The van der Waals surface area contributed by atoms with Crippen LogP contribution in [0.25, 0.3) is 0 Å². The number of amides is 1. The van der Waals surface area contributed by atoms with Crippen molar-refractivity contribution in [2.75, 3.05) is 26.2 Å². The molecule has 6 nitrogen and oxygen atoms in total. The van der Waals surface area contributed by atoms with E-state index in [-0.39, 0.29) is 5.92 Å². The highest BCUT2D eigenvalue weighted by Gasteiger charge is 2.32. The SMILES string of the molecule is Cn1cnnc1C1CCCN(C(=O)C2CCNC2)C1. The van der Waals surface area contributed by atoms with Crippen LogP contribution in [0.1, 0.15) is 31.0 Å². The summed E-state index contributed by atoms with van der Waals surface area (Å²) in [6.45, 7) is 3.49. The first kappa shape index (κ1) is 12.6. The number of hydrogen-bond acceptors (Lipinski definition) is 4. The van der Waals surface area contributed by atoms with Gasteiger partial charge in [0, 0.05) is 32.6 Å². The fourth-order valence-corrected chi connectivity index (χ4v) is 3.17. The third-order valence-electron chi connectivity index (χ3n) is 4.25. The van der Waals surface area contributed by atoms with Gasteiger partial charge in [-0.05, 0) is 25.8 Å². The summed E-state index contributed by atoms with van der Waals surface area (Å²) in [6.07, 6.45) is 4.86. The molecule has 0 radical (unpaired) electrons. The highest BCUT2D eigenvalue weighted by Crippen LogP contribution is 2.26. The molecule has 6 heteroatoms. The first-order valence-electron chi connectivity index (χ1n) is 7.09. The number of nitrogens with zero attached hydrogens (tertiary/aromatic N) is 4. The number of carbonyl (C=O) groups is 1. The molecule has 0 aliphatic carbocycles. The maximum absolute atomic E-state index is 12.4. The highest BCUT2D eigenvalue weighted by atomic mass is 16.2. The Labute approximate surface area is 113 Å². The number of nitrogens with one attached hydrogen (secondary N) is 1. The van der Waals surface area contributed by atoms with Gasteiger partial charge in [0.05, 0.1) is 5.92 Å². The van der Waals surface area contributed by atoms with Crippen LogP contribution in [-0.2, 0) is 11.8 Å². The molecule has 104 valence electrons. The summed E-state index contributed by atoms with van der Waals surface area (Å²) >= 11 is 0. The quantitative estimate of drug-likeness (QED) is 0.824. The fourth-order valence-electron chi connectivity index (χ4n) is 3.17. The van der Waals surface area contributed by atoms with Gasteiger partial charge in [-0.25, -0.2) is 0 Å². The molecule has 0 saturated carbocycles. The van der Waals surface area contributed by atoms with Crippen LogP contribution in [0.2, 0.25) is 0 Å². The Bertz CT molecular complexity index is 452. The third-order valence-corrected chi connectivity index (χ3v) is 4.25. The van der Waals surface area contributed by atoms with Crippen LogP contribution in [0, 0.1) is 5.92 Å². The standard InChI is InChI=1S/C13H21N5O/c1-17-9-15-16-12(17)11-3-2-6-18(8-11)13(19)10-4-5-14-7-10/h9-11,14H,2-8H2,1H3. The summed E-state index contributed by atoms with van der Waals surface area (Å²) in [5.41, 5.74) is 0. The molecule has 0 bridgehead atoms. The van der Waals surface area contributed by atoms with Crippen molar-refractivity contribution < 1.29 is 4.79 Å². The number of hydrogen-bond donors (Lipinski definition) is 1. The topological polar surface area (TPSA) is 63.1 Å². The molecule has 19 heavy (non-hydrogen) atoms. The minimum atomic E-state index is 0.179. The van der Waals surface area contributed by atoms with Crippen LogP contribution in [0.4, 0.5) is 0 Å². The Morgan fingerprint density at radius 2 is 2.37 bits per heavy atom. The first-order chi connectivity index (χ1) is 9.25. The van der Waals surface area contributed by atoms with E-state index in [1.165, 1.54) is 0 Å². The molecule has 3 heterocycles. The Morgan fingerprint density at radius 1 is 1.47 bits per heavy atom. The van der Waals surface area contributed by atoms with Gasteiger partial charge < -0.3 is 14.8 Å². The summed E-state index contributed by atoms with van der Waals surface area (Å²) < 4.78 is 1.97. The fraction of sp³-hybridized carbons (Fsp3) is 0.769. The van der Waals surface area contributed by atoms with E-state index in [0.29, 0.717) is 11.8 Å². The van der Waals surface area contributed by atoms with Crippen molar-refractivity contribution in [1.29, 1.82) is 0 Å². The van der Waals surface area contributed by atoms with E-state index >= 15 is 0 Å². The second kappa shape index (κ2) is 5.28. The van der Waals surface area contributed by atoms with Crippen LogP contribution in [0.15, 0.2) is 6.33 Å². The van der Waals surface area contributed by atoms with E-state index < -0.39 is 0 Å². The van der Waals surface area contributed by atoms with Gasteiger partial charge in [-0.2, -0.15) is 0 Å². The molecule has 0 spiro atoms. The number of piperidine rings is 1. The van der Waals surface area contributed by atoms with Gasteiger partial charge in [0.1, 0.15) is 12.2 Å². The Balaban J connectivity index is 1.68. The third kappa shape index (κ3) is 2.49. The summed E-state index contributed by atoms with van der Waals surface area (Å²) in [4.78, 5) is 14.5. The van der Waals surface area contributed by atoms with Crippen molar-refractivity contribution in [2.24, 2.45) is 13.0 Å². The minimum absolute atomic E-state index is 0.179. The van der Waals surface area contributed by atoms with E-state index in [0.717, 1.165) is 51.3 Å². The average Bonchev–Trinajstić information content (AvgIpc) is 3.09. The first-order valence-corrected chi connectivity index (χ1v) is 7.09. The van der Waals surface area contributed by atoms with E-state index in [1.807, 2.05) is 16.5 Å². The van der Waals surface area contributed by atoms with Crippen LogP contribution < -0.4 is 5.32 Å². The average molecular weight is 263 g/mol. The molecule has 3 rings (SSSR count). The smallest absolute Gasteiger partial charge is 0.227 e. The second-order valence-electron chi connectivity index (χ2n) is 5.61. The van der Waals surface area contributed by atoms with Crippen molar-refractivity contribution in [3.63, 3.8) is 0 Å². The van der Waals surface area contributed by atoms with Crippen molar-refractivity contribution in [1.82, 2.24) is 25.0 Å². The van der Waals surface area contributed by atoms with Crippen molar-refractivity contribution in [3.05, 3.63) is 12.2 Å². The molecule has 2 saturated heterocycles. The molecule has 0 aromatic carbocycles. The van der Waals surface area contributed by atoms with Crippen molar-refractivity contribution in [2.45, 2.75) is 25.2 Å². The van der Waals surface area contributed by atoms with Gasteiger partial charge in [-0.3, -0.25) is 4.79 Å². The number of carbonyl (C=O) groups excluding carboxylic acids is 1. The van der Waals surface area contributed by atoms with Crippen molar-refractivity contribution >= 4 is 5.91 Å². The van der Waals surface area contributed by atoms with Gasteiger partial charge >= 0.3 is 0 Å². The predicted octanol–water partition coefficient (Wildman–Crippen LogP) is 0.131. The summed E-state index contributed by atoms with van der Waals surface area (Å²) in [6, 6.07) is 0. The minimum Gasteiger partial charge on any atom is -0.342 e. The number of aromatic nitrogens is 3. The van der Waals surface area contributed by atoms with Crippen LogP contribution in [0.3, 0.4) is 0 Å². The summed E-state index contributed by atoms with van der Waals surface area (Å²) in [7, 11) is 1.97. The Hall–Kier alpha value is -1.43. The molecule has 2 fully saturated rings. The van der Waals surface area contributed by atoms with Gasteiger partial charge in [-0.1, -0.05) is 0 Å². The van der Waals surface area contributed by atoms with Gasteiger partial charge in [0.2, 0.25) is 5.91 Å². The number of likely N-dealkylation sites (tertiary alicyclic amines) is 1. The van der Waals surface area contributed by atoms with Crippen LogP contribution in [0.5, 0.6) is 0 Å². The Kier molecular flexibility index (Phi) is 3.50. The monoisotopic (exact) mass is 263 g/mol.